The van der Waals surface area contributed by atoms with E-state index in [9.17, 15) is 0 Å². The second-order valence-corrected chi connectivity index (χ2v) is 6.58. The topological polar surface area (TPSA) is 38.2 Å². The highest BCUT2D eigenvalue weighted by molar-refractivity contribution is 7.18. The summed E-state index contributed by atoms with van der Waals surface area (Å²) in [6.07, 6.45) is 4.18. The fourth-order valence-corrected chi connectivity index (χ4v) is 3.78. The average molecular weight is 291 g/mol. The van der Waals surface area contributed by atoms with Gasteiger partial charge in [0.05, 0.1) is 11.5 Å². The van der Waals surface area contributed by atoms with Crippen LogP contribution in [0.5, 0.6) is 0 Å². The summed E-state index contributed by atoms with van der Waals surface area (Å²) in [6, 6.07) is 2.25. The molecule has 2 unspecified atom stereocenters. The fraction of sp³-hybridized carbons (Fsp3) is 0.600. The predicted octanol–water partition coefficient (Wildman–Crippen LogP) is 3.11. The zero-order valence-electron chi connectivity index (χ0n) is 12.3. The molecule has 1 fully saturated rings. The van der Waals surface area contributed by atoms with Gasteiger partial charge in [-0.25, -0.2) is 9.97 Å². The second-order valence-electron chi connectivity index (χ2n) is 5.47. The molecule has 20 heavy (non-hydrogen) atoms. The number of aromatic nitrogens is 2. The van der Waals surface area contributed by atoms with Gasteiger partial charge in [-0.05, 0) is 24.8 Å². The van der Waals surface area contributed by atoms with E-state index < -0.39 is 0 Å². The van der Waals surface area contributed by atoms with Crippen LogP contribution in [0.4, 0.5) is 5.82 Å². The molecule has 0 spiro atoms. The number of nitrogens with zero attached hydrogens (tertiary/aromatic N) is 3. The van der Waals surface area contributed by atoms with Crippen molar-refractivity contribution in [3.05, 3.63) is 17.3 Å². The number of anilines is 1. The Balaban J connectivity index is 1.95. The van der Waals surface area contributed by atoms with Gasteiger partial charge in [0.1, 0.15) is 17.0 Å². The van der Waals surface area contributed by atoms with E-state index in [0.717, 1.165) is 36.6 Å². The van der Waals surface area contributed by atoms with E-state index in [2.05, 4.69) is 34.8 Å². The first kappa shape index (κ1) is 13.8. The van der Waals surface area contributed by atoms with Gasteiger partial charge in [-0.3, -0.25) is 0 Å². The van der Waals surface area contributed by atoms with Crippen molar-refractivity contribution >= 4 is 27.4 Å². The van der Waals surface area contributed by atoms with Crippen LogP contribution in [0.1, 0.15) is 25.1 Å². The molecule has 1 saturated heterocycles. The third-order valence-corrected chi connectivity index (χ3v) is 5.39. The van der Waals surface area contributed by atoms with Gasteiger partial charge in [-0.15, -0.1) is 11.3 Å². The zero-order valence-corrected chi connectivity index (χ0v) is 13.1. The largest absolute Gasteiger partial charge is 0.379 e. The maximum Gasteiger partial charge on any atom is 0.140 e. The van der Waals surface area contributed by atoms with Crippen LogP contribution in [-0.2, 0) is 11.2 Å². The standard InChI is InChI=1S/C15H21N3OS/c1-4-11-7-12-14(16-9-17-15(12)20-11)18-6-5-10(2)13(8-18)19-3/h7,9-10,13H,4-6,8H2,1-3H3. The van der Waals surface area contributed by atoms with Crippen molar-refractivity contribution < 1.29 is 4.74 Å². The molecule has 0 aliphatic carbocycles. The van der Waals surface area contributed by atoms with Crippen LogP contribution >= 0.6 is 11.3 Å². The summed E-state index contributed by atoms with van der Waals surface area (Å²) in [6.45, 7) is 6.41. The lowest BCUT2D eigenvalue weighted by Gasteiger charge is -2.37. The predicted molar refractivity (Wildman–Crippen MR) is 83.6 cm³/mol. The number of piperidine rings is 1. The van der Waals surface area contributed by atoms with Gasteiger partial charge in [-0.1, -0.05) is 13.8 Å². The Labute approximate surface area is 123 Å². The maximum absolute atomic E-state index is 5.61. The summed E-state index contributed by atoms with van der Waals surface area (Å²) in [5.41, 5.74) is 0. The lowest BCUT2D eigenvalue weighted by molar-refractivity contribution is 0.0497. The molecule has 0 N–H and O–H groups in total. The van der Waals surface area contributed by atoms with Gasteiger partial charge in [0.15, 0.2) is 0 Å². The first-order valence-corrected chi connectivity index (χ1v) is 8.05. The van der Waals surface area contributed by atoms with E-state index in [1.807, 2.05) is 0 Å². The van der Waals surface area contributed by atoms with E-state index in [1.165, 1.54) is 10.3 Å². The normalized spacial score (nSPS) is 23.4. The highest BCUT2D eigenvalue weighted by Crippen LogP contribution is 2.32. The van der Waals surface area contributed by atoms with Gasteiger partial charge in [0, 0.05) is 25.1 Å². The molecule has 4 nitrogen and oxygen atoms in total. The molecule has 3 heterocycles. The Hall–Kier alpha value is -1.20. The van der Waals surface area contributed by atoms with Crippen molar-refractivity contribution in [3.8, 4) is 0 Å². The smallest absolute Gasteiger partial charge is 0.140 e. The van der Waals surface area contributed by atoms with Gasteiger partial charge in [-0.2, -0.15) is 0 Å². The summed E-state index contributed by atoms with van der Waals surface area (Å²) < 4.78 is 5.61. The molecule has 5 heteroatoms. The molecule has 3 rings (SSSR count). The number of hydrogen-bond acceptors (Lipinski definition) is 5. The molecule has 0 aromatic carbocycles. The van der Waals surface area contributed by atoms with Crippen molar-refractivity contribution in [2.24, 2.45) is 5.92 Å². The van der Waals surface area contributed by atoms with Crippen LogP contribution in [0.2, 0.25) is 0 Å². The number of hydrogen-bond donors (Lipinski definition) is 0. The van der Waals surface area contributed by atoms with Crippen LogP contribution in [0.15, 0.2) is 12.4 Å². The average Bonchev–Trinajstić information content (AvgIpc) is 2.91. The third kappa shape index (κ3) is 2.40. The minimum atomic E-state index is 0.290. The Kier molecular flexibility index (Phi) is 3.89. The number of thiophene rings is 1. The van der Waals surface area contributed by atoms with E-state index >= 15 is 0 Å². The van der Waals surface area contributed by atoms with Crippen LogP contribution in [0, 0.1) is 5.92 Å². The van der Waals surface area contributed by atoms with Crippen LogP contribution in [-0.4, -0.2) is 36.3 Å². The summed E-state index contributed by atoms with van der Waals surface area (Å²) in [5.74, 6) is 1.68. The SMILES string of the molecule is CCc1cc2c(N3CCC(C)C(OC)C3)ncnc2s1. The van der Waals surface area contributed by atoms with Crippen LogP contribution in [0.3, 0.4) is 0 Å². The first-order chi connectivity index (χ1) is 9.72. The highest BCUT2D eigenvalue weighted by atomic mass is 32.1. The molecule has 0 saturated carbocycles. The number of aryl methyl sites for hydroxylation is 1. The quantitative estimate of drug-likeness (QED) is 0.871. The Morgan fingerprint density at radius 3 is 3.05 bits per heavy atom. The molecule has 0 bridgehead atoms. The minimum absolute atomic E-state index is 0.290. The monoisotopic (exact) mass is 291 g/mol. The first-order valence-electron chi connectivity index (χ1n) is 7.24. The fourth-order valence-electron chi connectivity index (χ4n) is 2.85. The molecule has 108 valence electrons. The van der Waals surface area contributed by atoms with Crippen molar-refractivity contribution in [1.29, 1.82) is 0 Å². The van der Waals surface area contributed by atoms with Crippen LogP contribution < -0.4 is 4.90 Å². The number of ether oxygens (including phenoxy) is 1. The summed E-state index contributed by atoms with van der Waals surface area (Å²) in [4.78, 5) is 13.8. The minimum Gasteiger partial charge on any atom is -0.379 e. The van der Waals surface area contributed by atoms with E-state index in [1.54, 1.807) is 24.8 Å². The third-order valence-electron chi connectivity index (χ3n) is 4.20. The van der Waals surface area contributed by atoms with Crippen LogP contribution in [0.25, 0.3) is 10.2 Å². The van der Waals surface area contributed by atoms with Crippen molar-refractivity contribution in [3.63, 3.8) is 0 Å². The summed E-state index contributed by atoms with van der Waals surface area (Å²) >= 11 is 1.77. The van der Waals surface area contributed by atoms with Gasteiger partial charge >= 0.3 is 0 Å². The van der Waals surface area contributed by atoms with Crippen molar-refractivity contribution in [1.82, 2.24) is 9.97 Å². The Morgan fingerprint density at radius 2 is 2.30 bits per heavy atom. The lowest BCUT2D eigenvalue weighted by Crippen LogP contribution is -2.44. The molecule has 1 aliphatic rings. The molecular weight excluding hydrogens is 270 g/mol. The van der Waals surface area contributed by atoms with Gasteiger partial charge in [0.2, 0.25) is 0 Å². The lowest BCUT2D eigenvalue weighted by atomic mass is 9.96. The maximum atomic E-state index is 5.61. The zero-order chi connectivity index (χ0) is 14.1. The van der Waals surface area contributed by atoms with E-state index in [-0.39, 0.29) is 6.10 Å². The number of fused-ring (bicyclic) bond motifs is 1. The van der Waals surface area contributed by atoms with Crippen molar-refractivity contribution in [2.75, 3.05) is 25.1 Å². The van der Waals surface area contributed by atoms with Gasteiger partial charge in [0.25, 0.3) is 0 Å². The second kappa shape index (κ2) is 5.66. The summed E-state index contributed by atoms with van der Waals surface area (Å²) in [7, 11) is 1.81. The van der Waals surface area contributed by atoms with E-state index in [4.69, 9.17) is 4.74 Å². The molecular formula is C15H21N3OS. The Bertz CT molecular complexity index is 598. The molecule has 0 radical (unpaired) electrons. The Morgan fingerprint density at radius 1 is 1.45 bits per heavy atom. The number of methoxy groups -OCH3 is 1. The molecule has 2 atom stereocenters. The molecule has 2 aromatic heterocycles. The van der Waals surface area contributed by atoms with Gasteiger partial charge < -0.3 is 9.64 Å². The molecule has 1 aliphatic heterocycles. The number of rotatable bonds is 3. The molecule has 0 amide bonds. The summed E-state index contributed by atoms with van der Waals surface area (Å²) in [5, 5.41) is 1.19. The van der Waals surface area contributed by atoms with E-state index in [0.29, 0.717) is 5.92 Å². The highest BCUT2D eigenvalue weighted by Gasteiger charge is 2.27. The molecule has 2 aromatic rings. The van der Waals surface area contributed by atoms with Crippen molar-refractivity contribution in [2.45, 2.75) is 32.8 Å².